The Hall–Kier alpha value is -3.16. The molecule has 1 heterocycles. The number of carbonyl (C=O) groups excluding carboxylic acids is 3. The number of primary amides is 1. The number of hydrogen-bond acceptors (Lipinski definition) is 4. The number of aryl methyl sites for hydroxylation is 1. The molecule has 0 aliphatic rings. The molecule has 1 aromatic carbocycles. The van der Waals surface area contributed by atoms with Gasteiger partial charge in [-0.05, 0) is 44.2 Å². The van der Waals surface area contributed by atoms with Gasteiger partial charge in [0.05, 0.1) is 5.56 Å². The fraction of sp³-hybridized carbons (Fsp3) is 0.188. The molecule has 7 nitrogen and oxygen atoms in total. The molecule has 2 aromatic rings. The normalized spacial score (nSPS) is 10.3. The lowest BCUT2D eigenvalue weighted by atomic mass is 10.2. The van der Waals surface area contributed by atoms with E-state index in [1.165, 1.54) is 12.1 Å². The first kappa shape index (κ1) is 17.2. The number of carbonyl (C=O) groups is 3. The van der Waals surface area contributed by atoms with E-state index >= 15 is 0 Å². The summed E-state index contributed by atoms with van der Waals surface area (Å²) >= 11 is 0. The lowest BCUT2D eigenvalue weighted by Crippen LogP contribution is -2.37. The second kappa shape index (κ2) is 6.95. The van der Waals surface area contributed by atoms with Gasteiger partial charge in [-0.2, -0.15) is 0 Å². The van der Waals surface area contributed by atoms with Gasteiger partial charge in [-0.1, -0.05) is 0 Å². The third kappa shape index (κ3) is 3.78. The number of benzene rings is 1. The number of nitrogens with zero attached hydrogens (tertiary/aromatic N) is 1. The Morgan fingerprint density at radius 3 is 2.42 bits per heavy atom. The third-order valence-corrected chi connectivity index (χ3v) is 3.33. The smallest absolute Gasteiger partial charge is 0.340 e. The van der Waals surface area contributed by atoms with Crippen LogP contribution in [0.1, 0.15) is 21.7 Å². The maximum Gasteiger partial charge on any atom is 0.340 e. The SMILES string of the molecule is Cc1cc(C(=O)OCC(=O)NC(N)=O)c(C)n1-c1ccc(F)cc1. The quantitative estimate of drug-likeness (QED) is 0.829. The lowest BCUT2D eigenvalue weighted by molar-refractivity contribution is -0.123. The van der Waals surface area contributed by atoms with Gasteiger partial charge >= 0.3 is 12.0 Å². The first-order chi connectivity index (χ1) is 11.3. The summed E-state index contributed by atoms with van der Waals surface area (Å²) in [5.74, 6) is -1.89. The minimum Gasteiger partial charge on any atom is -0.452 e. The molecule has 0 fully saturated rings. The molecular weight excluding hydrogens is 317 g/mol. The Morgan fingerprint density at radius 2 is 1.83 bits per heavy atom. The van der Waals surface area contributed by atoms with E-state index in [0.717, 1.165) is 5.69 Å². The zero-order chi connectivity index (χ0) is 17.9. The third-order valence-electron chi connectivity index (χ3n) is 3.33. The molecule has 0 unspecified atom stereocenters. The van der Waals surface area contributed by atoms with Gasteiger partial charge in [-0.15, -0.1) is 0 Å². The van der Waals surface area contributed by atoms with Crippen LogP contribution in [-0.4, -0.2) is 29.1 Å². The summed E-state index contributed by atoms with van der Waals surface area (Å²) in [5.41, 5.74) is 7.08. The van der Waals surface area contributed by atoms with Crippen LogP contribution >= 0.6 is 0 Å². The molecule has 3 N–H and O–H groups in total. The highest BCUT2D eigenvalue weighted by molar-refractivity contribution is 5.97. The molecule has 0 aliphatic carbocycles. The Kier molecular flexibility index (Phi) is 4.98. The van der Waals surface area contributed by atoms with E-state index in [-0.39, 0.29) is 11.4 Å². The monoisotopic (exact) mass is 333 g/mol. The first-order valence-electron chi connectivity index (χ1n) is 7.01. The second-order valence-electron chi connectivity index (χ2n) is 5.09. The van der Waals surface area contributed by atoms with Crippen molar-refractivity contribution in [2.45, 2.75) is 13.8 Å². The van der Waals surface area contributed by atoms with Crippen LogP contribution in [0.25, 0.3) is 5.69 Å². The van der Waals surface area contributed by atoms with Crippen LogP contribution in [0.5, 0.6) is 0 Å². The van der Waals surface area contributed by atoms with Crippen LogP contribution < -0.4 is 11.1 Å². The van der Waals surface area contributed by atoms with Crippen molar-refractivity contribution in [2.75, 3.05) is 6.61 Å². The zero-order valence-corrected chi connectivity index (χ0v) is 13.1. The summed E-state index contributed by atoms with van der Waals surface area (Å²) in [7, 11) is 0. The van der Waals surface area contributed by atoms with Crippen LogP contribution in [0.3, 0.4) is 0 Å². The van der Waals surface area contributed by atoms with Gasteiger partial charge in [0.2, 0.25) is 0 Å². The van der Waals surface area contributed by atoms with Crippen LogP contribution in [0.4, 0.5) is 9.18 Å². The number of urea groups is 1. The minimum absolute atomic E-state index is 0.267. The van der Waals surface area contributed by atoms with Crippen molar-refractivity contribution in [2.24, 2.45) is 5.73 Å². The van der Waals surface area contributed by atoms with Gasteiger partial charge in [0.15, 0.2) is 6.61 Å². The number of aromatic nitrogens is 1. The van der Waals surface area contributed by atoms with Gasteiger partial charge in [0.1, 0.15) is 5.82 Å². The zero-order valence-electron chi connectivity index (χ0n) is 13.1. The number of nitrogens with two attached hydrogens (primary N) is 1. The van der Waals surface area contributed by atoms with E-state index in [9.17, 15) is 18.8 Å². The van der Waals surface area contributed by atoms with Crippen LogP contribution in [0.2, 0.25) is 0 Å². The fourth-order valence-corrected chi connectivity index (χ4v) is 2.34. The number of halogens is 1. The fourth-order valence-electron chi connectivity index (χ4n) is 2.34. The number of ether oxygens (including phenoxy) is 1. The molecule has 0 bridgehead atoms. The highest BCUT2D eigenvalue weighted by Gasteiger charge is 2.19. The van der Waals surface area contributed by atoms with Gasteiger partial charge in [-0.25, -0.2) is 14.0 Å². The number of amides is 3. The largest absolute Gasteiger partial charge is 0.452 e. The Balaban J connectivity index is 2.19. The molecule has 0 saturated carbocycles. The van der Waals surface area contributed by atoms with Gasteiger partial charge in [-0.3, -0.25) is 10.1 Å². The van der Waals surface area contributed by atoms with Gasteiger partial charge in [0, 0.05) is 17.1 Å². The van der Waals surface area contributed by atoms with Crippen molar-refractivity contribution < 1.29 is 23.5 Å². The minimum atomic E-state index is -1.02. The number of rotatable bonds is 4. The summed E-state index contributed by atoms with van der Waals surface area (Å²) in [6.45, 7) is 2.87. The van der Waals surface area contributed by atoms with Gasteiger partial charge in [0.25, 0.3) is 5.91 Å². The molecule has 126 valence electrons. The second-order valence-corrected chi connectivity index (χ2v) is 5.09. The summed E-state index contributed by atoms with van der Waals surface area (Å²) < 4.78 is 19.7. The molecule has 0 spiro atoms. The van der Waals surface area contributed by atoms with E-state index in [4.69, 9.17) is 10.5 Å². The molecule has 2 rings (SSSR count). The maximum atomic E-state index is 13.0. The predicted molar refractivity (Wildman–Crippen MR) is 83.2 cm³/mol. The first-order valence-corrected chi connectivity index (χ1v) is 7.01. The molecule has 0 saturated heterocycles. The highest BCUT2D eigenvalue weighted by Crippen LogP contribution is 2.21. The van der Waals surface area contributed by atoms with Crippen molar-refractivity contribution in [3.05, 3.63) is 53.1 Å². The van der Waals surface area contributed by atoms with Crippen molar-refractivity contribution in [3.8, 4) is 5.69 Å². The topological polar surface area (TPSA) is 103 Å². The van der Waals surface area contributed by atoms with Crippen LogP contribution in [-0.2, 0) is 9.53 Å². The Morgan fingerprint density at radius 1 is 1.21 bits per heavy atom. The summed E-state index contributed by atoms with van der Waals surface area (Å²) in [5, 5.41) is 1.79. The molecule has 3 amide bonds. The summed E-state index contributed by atoms with van der Waals surface area (Å²) in [6.07, 6.45) is 0. The average molecular weight is 333 g/mol. The van der Waals surface area contributed by atoms with Crippen LogP contribution in [0.15, 0.2) is 30.3 Å². The summed E-state index contributed by atoms with van der Waals surface area (Å²) in [4.78, 5) is 33.9. The molecule has 0 atom stereocenters. The molecule has 24 heavy (non-hydrogen) atoms. The molecular formula is C16H16FN3O4. The maximum absolute atomic E-state index is 13.0. The number of esters is 1. The van der Waals surface area contributed by atoms with Crippen molar-refractivity contribution >= 4 is 17.9 Å². The number of imide groups is 1. The van der Waals surface area contributed by atoms with E-state index in [2.05, 4.69) is 0 Å². The Bertz CT molecular complexity index is 796. The number of hydrogen-bond donors (Lipinski definition) is 2. The molecule has 0 radical (unpaired) electrons. The van der Waals surface area contributed by atoms with E-state index in [1.54, 1.807) is 41.9 Å². The average Bonchev–Trinajstić information content (AvgIpc) is 2.80. The predicted octanol–water partition coefficient (Wildman–Crippen LogP) is 1.58. The molecule has 1 aromatic heterocycles. The van der Waals surface area contributed by atoms with Crippen LogP contribution in [0, 0.1) is 19.7 Å². The van der Waals surface area contributed by atoms with Crippen molar-refractivity contribution in [3.63, 3.8) is 0 Å². The van der Waals surface area contributed by atoms with Crippen molar-refractivity contribution in [1.82, 2.24) is 9.88 Å². The van der Waals surface area contributed by atoms with E-state index in [1.807, 2.05) is 0 Å². The highest BCUT2D eigenvalue weighted by atomic mass is 19.1. The van der Waals surface area contributed by atoms with E-state index in [0.29, 0.717) is 11.4 Å². The number of nitrogens with one attached hydrogen (secondary N) is 1. The van der Waals surface area contributed by atoms with Gasteiger partial charge < -0.3 is 15.0 Å². The Labute approximate surface area is 137 Å². The molecule has 0 aliphatic heterocycles. The van der Waals surface area contributed by atoms with Crippen molar-refractivity contribution in [1.29, 1.82) is 0 Å². The van der Waals surface area contributed by atoms with E-state index < -0.39 is 24.5 Å². The lowest BCUT2D eigenvalue weighted by Gasteiger charge is -2.10. The summed E-state index contributed by atoms with van der Waals surface area (Å²) in [6, 6.07) is 6.40. The standard InChI is InChI=1S/C16H16FN3O4/c1-9-7-13(15(22)24-8-14(21)19-16(18)23)10(2)20(9)12-5-3-11(17)4-6-12/h3-7H,8H2,1-2H3,(H3,18,19,21,23). The molecule has 8 heteroatoms.